The van der Waals surface area contributed by atoms with E-state index in [4.69, 9.17) is 9.47 Å². The smallest absolute Gasteiger partial charge is 0.348 e. The van der Waals surface area contributed by atoms with E-state index in [0.29, 0.717) is 15.4 Å². The average molecular weight is 349 g/mol. The summed E-state index contributed by atoms with van der Waals surface area (Å²) in [6, 6.07) is 8.27. The summed E-state index contributed by atoms with van der Waals surface area (Å²) in [6.45, 7) is 0. The Hall–Kier alpha value is -2.25. The molecule has 23 heavy (non-hydrogen) atoms. The van der Waals surface area contributed by atoms with Gasteiger partial charge in [-0.3, -0.25) is 0 Å². The highest BCUT2D eigenvalue weighted by Gasteiger charge is 2.14. The molecule has 2 aromatic heterocycles. The maximum Gasteiger partial charge on any atom is 0.348 e. The number of thiazole rings is 1. The number of nitrogens with zero attached hydrogens (tertiary/aromatic N) is 1. The van der Waals surface area contributed by atoms with Gasteiger partial charge >= 0.3 is 5.97 Å². The standard InChI is InChI=1S/C16H12FNO3S2/c1-20-12-4-3-9(7-10(12)17)15-18-11(8-22-15)13-5-6-14(23-13)16(19)21-2/h3-8H,1-2H3. The van der Waals surface area contributed by atoms with Gasteiger partial charge in [0.2, 0.25) is 0 Å². The van der Waals surface area contributed by atoms with Crippen LogP contribution in [0.15, 0.2) is 35.7 Å². The zero-order valence-corrected chi connectivity index (χ0v) is 14.0. The topological polar surface area (TPSA) is 48.4 Å². The molecule has 0 atom stereocenters. The lowest BCUT2D eigenvalue weighted by Gasteiger charge is -2.02. The molecule has 3 rings (SSSR count). The molecule has 1 aromatic carbocycles. The second-order valence-electron chi connectivity index (χ2n) is 4.54. The van der Waals surface area contributed by atoms with Crippen LogP contribution in [0.5, 0.6) is 5.75 Å². The lowest BCUT2D eigenvalue weighted by molar-refractivity contribution is 0.0606. The Bertz CT molecular complexity index is 857. The molecule has 3 aromatic rings. The van der Waals surface area contributed by atoms with Crippen LogP contribution in [0.2, 0.25) is 0 Å². The Morgan fingerprint density at radius 1 is 1.22 bits per heavy atom. The van der Waals surface area contributed by atoms with E-state index < -0.39 is 5.82 Å². The minimum atomic E-state index is -0.425. The molecular weight excluding hydrogens is 337 g/mol. The molecule has 0 aliphatic carbocycles. The Kier molecular flexibility index (Phi) is 4.40. The number of rotatable bonds is 4. The van der Waals surface area contributed by atoms with Gasteiger partial charge in [0.15, 0.2) is 11.6 Å². The summed E-state index contributed by atoms with van der Waals surface area (Å²) in [4.78, 5) is 17.4. The molecule has 0 aliphatic heterocycles. The number of carbonyl (C=O) groups excluding carboxylic acids is 1. The molecule has 0 aliphatic rings. The summed E-state index contributed by atoms with van der Waals surface area (Å²) < 4.78 is 23.4. The highest BCUT2D eigenvalue weighted by molar-refractivity contribution is 7.18. The summed E-state index contributed by atoms with van der Waals surface area (Å²) in [7, 11) is 2.77. The number of thiophene rings is 1. The van der Waals surface area contributed by atoms with E-state index in [1.165, 1.54) is 43.0 Å². The van der Waals surface area contributed by atoms with Gasteiger partial charge in [-0.25, -0.2) is 14.2 Å². The quantitative estimate of drug-likeness (QED) is 0.652. The average Bonchev–Trinajstić information content (AvgIpc) is 3.23. The molecule has 0 amide bonds. The predicted molar refractivity (Wildman–Crippen MR) is 88.7 cm³/mol. The first-order chi connectivity index (χ1) is 11.1. The van der Waals surface area contributed by atoms with E-state index in [1.54, 1.807) is 18.2 Å². The zero-order chi connectivity index (χ0) is 16.4. The fourth-order valence-electron chi connectivity index (χ4n) is 2.00. The molecule has 2 heterocycles. The van der Waals surface area contributed by atoms with E-state index in [2.05, 4.69) is 4.98 Å². The lowest BCUT2D eigenvalue weighted by atomic mass is 10.2. The molecule has 0 fully saturated rings. The van der Waals surface area contributed by atoms with Gasteiger partial charge in [-0.1, -0.05) is 0 Å². The monoisotopic (exact) mass is 349 g/mol. The Balaban J connectivity index is 1.90. The van der Waals surface area contributed by atoms with Crippen molar-refractivity contribution in [1.82, 2.24) is 4.98 Å². The fraction of sp³-hybridized carbons (Fsp3) is 0.125. The van der Waals surface area contributed by atoms with Crippen LogP contribution in [0.1, 0.15) is 9.67 Å². The third-order valence-corrected chi connectivity index (χ3v) is 5.13. The van der Waals surface area contributed by atoms with E-state index in [0.717, 1.165) is 10.6 Å². The number of ether oxygens (including phenoxy) is 2. The third kappa shape index (κ3) is 3.11. The molecule has 0 bridgehead atoms. The molecule has 0 saturated heterocycles. The number of esters is 1. The highest BCUT2D eigenvalue weighted by Crippen LogP contribution is 2.34. The van der Waals surface area contributed by atoms with Crippen molar-refractivity contribution >= 4 is 28.6 Å². The van der Waals surface area contributed by atoms with E-state index in [1.807, 2.05) is 11.4 Å². The molecule has 0 spiro atoms. The normalized spacial score (nSPS) is 10.6. The van der Waals surface area contributed by atoms with Gasteiger partial charge in [-0.05, 0) is 30.3 Å². The molecule has 0 N–H and O–H groups in total. The van der Waals surface area contributed by atoms with E-state index >= 15 is 0 Å². The van der Waals surface area contributed by atoms with Gasteiger partial charge in [0, 0.05) is 10.9 Å². The largest absolute Gasteiger partial charge is 0.494 e. The predicted octanol–water partition coefficient (Wildman–Crippen LogP) is 4.47. The number of aromatic nitrogens is 1. The van der Waals surface area contributed by atoms with Crippen LogP contribution >= 0.6 is 22.7 Å². The van der Waals surface area contributed by atoms with Crippen LogP contribution in [0.3, 0.4) is 0 Å². The summed E-state index contributed by atoms with van der Waals surface area (Å²) >= 11 is 2.73. The fourth-order valence-corrected chi connectivity index (χ4v) is 3.78. The van der Waals surface area contributed by atoms with Crippen LogP contribution in [0.25, 0.3) is 21.1 Å². The van der Waals surface area contributed by atoms with Crippen molar-refractivity contribution in [3.8, 4) is 26.9 Å². The molecule has 0 unspecified atom stereocenters. The minimum absolute atomic E-state index is 0.200. The number of hydrogen-bond donors (Lipinski definition) is 0. The summed E-state index contributed by atoms with van der Waals surface area (Å²) in [5, 5.41) is 2.58. The van der Waals surface area contributed by atoms with E-state index in [9.17, 15) is 9.18 Å². The van der Waals surface area contributed by atoms with Crippen molar-refractivity contribution in [3.05, 3.63) is 46.4 Å². The summed E-state index contributed by atoms with van der Waals surface area (Å²) in [5.74, 6) is -0.591. The molecule has 118 valence electrons. The maximum atomic E-state index is 13.8. The van der Waals surface area contributed by atoms with Crippen LogP contribution in [0, 0.1) is 5.82 Å². The third-order valence-electron chi connectivity index (χ3n) is 3.15. The van der Waals surface area contributed by atoms with Crippen molar-refractivity contribution in [2.45, 2.75) is 0 Å². The van der Waals surface area contributed by atoms with Crippen molar-refractivity contribution in [3.63, 3.8) is 0 Å². The Morgan fingerprint density at radius 3 is 2.74 bits per heavy atom. The molecular formula is C16H12FNO3S2. The van der Waals surface area contributed by atoms with Crippen molar-refractivity contribution in [2.75, 3.05) is 14.2 Å². The van der Waals surface area contributed by atoms with Crippen LogP contribution < -0.4 is 4.74 Å². The van der Waals surface area contributed by atoms with Gasteiger partial charge in [0.1, 0.15) is 9.88 Å². The van der Waals surface area contributed by atoms with Crippen LogP contribution in [-0.2, 0) is 4.74 Å². The minimum Gasteiger partial charge on any atom is -0.494 e. The second-order valence-corrected chi connectivity index (χ2v) is 6.48. The van der Waals surface area contributed by atoms with Gasteiger partial charge in [-0.2, -0.15) is 0 Å². The molecule has 4 nitrogen and oxygen atoms in total. The second kappa shape index (κ2) is 6.47. The van der Waals surface area contributed by atoms with Gasteiger partial charge in [-0.15, -0.1) is 22.7 Å². The van der Waals surface area contributed by atoms with Gasteiger partial charge in [0.25, 0.3) is 0 Å². The Labute approximate surface area is 140 Å². The van der Waals surface area contributed by atoms with Gasteiger partial charge in [0.05, 0.1) is 24.8 Å². The maximum absolute atomic E-state index is 13.8. The Morgan fingerprint density at radius 2 is 2.04 bits per heavy atom. The number of carbonyl (C=O) groups is 1. The van der Waals surface area contributed by atoms with Crippen molar-refractivity contribution in [1.29, 1.82) is 0 Å². The van der Waals surface area contributed by atoms with Crippen LogP contribution in [-0.4, -0.2) is 25.2 Å². The van der Waals surface area contributed by atoms with Crippen LogP contribution in [0.4, 0.5) is 4.39 Å². The first-order valence-corrected chi connectivity index (χ1v) is 8.30. The first kappa shape index (κ1) is 15.6. The lowest BCUT2D eigenvalue weighted by Crippen LogP contribution is -1.96. The highest BCUT2D eigenvalue weighted by atomic mass is 32.1. The number of hydrogen-bond acceptors (Lipinski definition) is 6. The van der Waals surface area contributed by atoms with Gasteiger partial charge < -0.3 is 9.47 Å². The van der Waals surface area contributed by atoms with Crippen molar-refractivity contribution < 1.29 is 18.7 Å². The van der Waals surface area contributed by atoms with Crippen molar-refractivity contribution in [2.24, 2.45) is 0 Å². The number of benzene rings is 1. The zero-order valence-electron chi connectivity index (χ0n) is 12.3. The molecule has 0 radical (unpaired) electrons. The number of methoxy groups -OCH3 is 2. The first-order valence-electron chi connectivity index (χ1n) is 6.60. The molecule has 7 heteroatoms. The number of halogens is 1. The SMILES string of the molecule is COC(=O)c1ccc(-c2csc(-c3ccc(OC)c(F)c3)n2)s1. The summed E-state index contributed by atoms with van der Waals surface area (Å²) in [6.07, 6.45) is 0. The van der Waals surface area contributed by atoms with E-state index in [-0.39, 0.29) is 11.7 Å². The molecule has 0 saturated carbocycles. The summed E-state index contributed by atoms with van der Waals surface area (Å²) in [5.41, 5.74) is 1.44.